The fraction of sp³-hybridized carbons (Fsp3) is 0.391. The number of ether oxygens (including phenoxy) is 1. The highest BCUT2D eigenvalue weighted by atomic mass is 16.5. The second-order valence-electron chi connectivity index (χ2n) is 7.17. The fourth-order valence-electron chi connectivity index (χ4n) is 2.05. The van der Waals surface area contributed by atoms with Gasteiger partial charge in [0.25, 0.3) is 5.91 Å². The quantitative estimate of drug-likeness (QED) is 0.233. The molecule has 0 N–H and O–H groups in total. The number of carbonyl (C=O) groups is 1. The van der Waals surface area contributed by atoms with Crippen molar-refractivity contribution >= 4 is 12.1 Å². The van der Waals surface area contributed by atoms with Gasteiger partial charge in [0, 0.05) is 18.2 Å². The minimum atomic E-state index is -0.256. The number of allylic oxidation sites excluding steroid dienone is 2. The Bertz CT molecular complexity index is 646. The molecular weight excluding hydrogens is 322 g/mol. The Kier molecular flexibility index (Phi) is 9.35. The van der Waals surface area contributed by atoms with Crippen LogP contribution in [0.3, 0.4) is 0 Å². The summed E-state index contributed by atoms with van der Waals surface area (Å²) in [6, 6.07) is 7.87. The number of carbonyl (C=O) groups excluding carboxylic acids is 1. The Hall–Kier alpha value is -2.42. The molecule has 0 bridgehead atoms. The maximum Gasteiger partial charge on any atom is 0.272 e. The van der Waals surface area contributed by atoms with E-state index in [2.05, 4.69) is 30.3 Å². The van der Waals surface area contributed by atoms with Crippen LogP contribution in [-0.4, -0.2) is 18.7 Å². The maximum atomic E-state index is 11.9. The fourth-order valence-corrected chi connectivity index (χ4v) is 2.05. The lowest BCUT2D eigenvalue weighted by Gasteiger charge is -2.18. The van der Waals surface area contributed by atoms with Crippen LogP contribution in [0.25, 0.3) is 0 Å². The smallest absolute Gasteiger partial charge is 0.272 e. The number of benzene rings is 1. The van der Waals surface area contributed by atoms with E-state index in [9.17, 15) is 4.79 Å². The van der Waals surface area contributed by atoms with Gasteiger partial charge in [0.1, 0.15) is 5.75 Å². The van der Waals surface area contributed by atoms with Gasteiger partial charge in [-0.15, -0.1) is 6.58 Å². The molecule has 1 aromatic carbocycles. The number of amides is 1. The molecule has 140 valence electrons. The van der Waals surface area contributed by atoms with Crippen LogP contribution in [0.15, 0.2) is 66.2 Å². The van der Waals surface area contributed by atoms with Gasteiger partial charge < -0.3 is 4.74 Å². The highest BCUT2D eigenvalue weighted by molar-refractivity contribution is 5.98. The van der Waals surface area contributed by atoms with Crippen LogP contribution in [0, 0.1) is 5.41 Å². The van der Waals surface area contributed by atoms with Gasteiger partial charge >= 0.3 is 0 Å². The van der Waals surface area contributed by atoms with Crippen molar-refractivity contribution in [1.82, 2.24) is 0 Å². The van der Waals surface area contributed by atoms with E-state index in [1.807, 2.05) is 51.1 Å². The van der Waals surface area contributed by atoms with Crippen LogP contribution in [0.4, 0.5) is 0 Å². The number of hydrogen-bond donors (Lipinski definition) is 0. The van der Waals surface area contributed by atoms with Crippen molar-refractivity contribution in [3.05, 3.63) is 66.8 Å². The Morgan fingerprint density at radius 1 is 1.12 bits per heavy atom. The average molecular weight is 354 g/mol. The summed E-state index contributed by atoms with van der Waals surface area (Å²) < 4.78 is 5.71. The summed E-state index contributed by atoms with van der Waals surface area (Å²) in [6.07, 6.45) is 11.4. The Morgan fingerprint density at radius 3 is 2.38 bits per heavy atom. The zero-order chi connectivity index (χ0) is 19.4. The standard InChI is InChI=1S/C23H31NO2/c1-6-7-8-9-10-11-18-26-21-14-12-20(13-15-21)16-17-24-22(25)19(2)23(3,4)5/h6,9-10,12-15,17H,1-2,7-8,11,16,18H2,3-5H3. The van der Waals surface area contributed by atoms with Gasteiger partial charge in [-0.3, -0.25) is 4.79 Å². The molecule has 3 nitrogen and oxygen atoms in total. The van der Waals surface area contributed by atoms with Crippen LogP contribution in [0.1, 0.15) is 45.6 Å². The molecule has 0 unspecified atom stereocenters. The van der Waals surface area contributed by atoms with E-state index in [0.717, 1.165) is 30.6 Å². The molecule has 3 heteroatoms. The predicted molar refractivity (Wildman–Crippen MR) is 111 cm³/mol. The normalized spacial score (nSPS) is 11.8. The largest absolute Gasteiger partial charge is 0.493 e. The summed E-state index contributed by atoms with van der Waals surface area (Å²) in [5, 5.41) is 0. The summed E-state index contributed by atoms with van der Waals surface area (Å²) in [6.45, 7) is 14.1. The molecule has 0 radical (unpaired) electrons. The first-order chi connectivity index (χ1) is 12.3. The summed E-state index contributed by atoms with van der Waals surface area (Å²) in [7, 11) is 0. The summed E-state index contributed by atoms with van der Waals surface area (Å²) in [5.74, 6) is 0.598. The average Bonchev–Trinajstić information content (AvgIpc) is 2.60. The Labute approximate surface area is 158 Å². The van der Waals surface area contributed by atoms with Crippen LogP contribution in [0.2, 0.25) is 0 Å². The number of nitrogens with zero attached hydrogens (tertiary/aromatic N) is 1. The first kappa shape index (κ1) is 21.6. The van der Waals surface area contributed by atoms with Gasteiger partial charge in [0.2, 0.25) is 0 Å². The van der Waals surface area contributed by atoms with E-state index >= 15 is 0 Å². The number of aliphatic imine (C=N–C) groups is 1. The molecule has 0 aliphatic rings. The van der Waals surface area contributed by atoms with Crippen molar-refractivity contribution in [3.8, 4) is 5.75 Å². The third kappa shape index (κ3) is 8.61. The highest BCUT2D eigenvalue weighted by Crippen LogP contribution is 2.24. The van der Waals surface area contributed by atoms with Crippen LogP contribution < -0.4 is 4.74 Å². The lowest BCUT2D eigenvalue weighted by Crippen LogP contribution is -2.15. The van der Waals surface area contributed by atoms with E-state index in [1.165, 1.54) is 0 Å². The third-order valence-corrected chi connectivity index (χ3v) is 3.88. The summed E-state index contributed by atoms with van der Waals surface area (Å²) in [4.78, 5) is 15.9. The van der Waals surface area contributed by atoms with Gasteiger partial charge in [-0.1, -0.05) is 57.7 Å². The molecular formula is C23H31NO2. The Morgan fingerprint density at radius 2 is 1.77 bits per heavy atom. The van der Waals surface area contributed by atoms with E-state index in [4.69, 9.17) is 4.74 Å². The first-order valence-corrected chi connectivity index (χ1v) is 9.08. The van der Waals surface area contributed by atoms with Crippen molar-refractivity contribution < 1.29 is 9.53 Å². The SMILES string of the molecule is C=CCCC=CCCOc1ccc(CC=NC(=O)C(=C)C(C)(C)C)cc1. The molecule has 0 saturated heterocycles. The molecule has 0 aliphatic carbocycles. The van der Waals surface area contributed by atoms with Crippen molar-refractivity contribution in [2.75, 3.05) is 6.61 Å². The topological polar surface area (TPSA) is 38.7 Å². The molecule has 0 spiro atoms. The van der Waals surface area contributed by atoms with Gasteiger partial charge in [0.15, 0.2) is 0 Å². The lowest BCUT2D eigenvalue weighted by atomic mass is 9.87. The van der Waals surface area contributed by atoms with Crippen molar-refractivity contribution in [1.29, 1.82) is 0 Å². The minimum Gasteiger partial charge on any atom is -0.493 e. The van der Waals surface area contributed by atoms with Crippen molar-refractivity contribution in [2.45, 2.75) is 46.5 Å². The zero-order valence-electron chi connectivity index (χ0n) is 16.3. The molecule has 0 aromatic heterocycles. The number of rotatable bonds is 10. The summed E-state index contributed by atoms with van der Waals surface area (Å²) >= 11 is 0. The van der Waals surface area contributed by atoms with E-state index < -0.39 is 0 Å². The zero-order valence-corrected chi connectivity index (χ0v) is 16.3. The Balaban J connectivity index is 2.37. The van der Waals surface area contributed by atoms with E-state index in [1.54, 1.807) is 6.21 Å². The maximum absolute atomic E-state index is 11.9. The van der Waals surface area contributed by atoms with Crippen LogP contribution in [0.5, 0.6) is 5.75 Å². The predicted octanol–water partition coefficient (Wildman–Crippen LogP) is 5.72. The molecule has 0 fully saturated rings. The van der Waals surface area contributed by atoms with E-state index in [-0.39, 0.29) is 11.3 Å². The van der Waals surface area contributed by atoms with Crippen LogP contribution in [-0.2, 0) is 11.2 Å². The molecule has 0 atom stereocenters. The van der Waals surface area contributed by atoms with Crippen molar-refractivity contribution in [3.63, 3.8) is 0 Å². The highest BCUT2D eigenvalue weighted by Gasteiger charge is 2.20. The first-order valence-electron chi connectivity index (χ1n) is 9.08. The van der Waals surface area contributed by atoms with Crippen LogP contribution >= 0.6 is 0 Å². The molecule has 26 heavy (non-hydrogen) atoms. The molecule has 1 rings (SSSR count). The van der Waals surface area contributed by atoms with Crippen molar-refractivity contribution in [2.24, 2.45) is 10.4 Å². The van der Waals surface area contributed by atoms with Gasteiger partial charge in [-0.05, 0) is 42.4 Å². The lowest BCUT2D eigenvalue weighted by molar-refractivity contribution is -0.115. The monoisotopic (exact) mass is 353 g/mol. The summed E-state index contributed by atoms with van der Waals surface area (Å²) in [5.41, 5.74) is 1.35. The number of hydrogen-bond acceptors (Lipinski definition) is 2. The van der Waals surface area contributed by atoms with Gasteiger partial charge in [0.05, 0.1) is 6.61 Å². The molecule has 1 amide bonds. The van der Waals surface area contributed by atoms with E-state index in [0.29, 0.717) is 18.6 Å². The molecule has 0 heterocycles. The van der Waals surface area contributed by atoms with Gasteiger partial charge in [-0.25, -0.2) is 4.99 Å². The molecule has 1 aromatic rings. The second kappa shape index (κ2) is 11.2. The third-order valence-electron chi connectivity index (χ3n) is 3.88. The van der Waals surface area contributed by atoms with Gasteiger partial charge in [-0.2, -0.15) is 0 Å². The molecule has 0 aliphatic heterocycles. The minimum absolute atomic E-state index is 0.251. The second-order valence-corrected chi connectivity index (χ2v) is 7.17. The molecule has 0 saturated carbocycles. The number of unbranched alkanes of at least 4 members (excludes halogenated alkanes) is 1.